The van der Waals surface area contributed by atoms with Crippen molar-refractivity contribution in [3.8, 4) is 0 Å². The van der Waals surface area contributed by atoms with E-state index >= 15 is 0 Å². The van der Waals surface area contributed by atoms with E-state index in [1.165, 1.54) is 24.8 Å². The zero-order valence-corrected chi connectivity index (χ0v) is 17.6. The molecule has 0 radical (unpaired) electrons. The Balaban J connectivity index is 2.76. The molecule has 0 aliphatic heterocycles. The van der Waals surface area contributed by atoms with Crippen molar-refractivity contribution in [2.75, 3.05) is 17.8 Å². The van der Waals surface area contributed by atoms with Gasteiger partial charge < -0.3 is 5.11 Å². The van der Waals surface area contributed by atoms with Crippen LogP contribution in [-0.2, 0) is 21.8 Å². The van der Waals surface area contributed by atoms with Crippen molar-refractivity contribution in [3.63, 3.8) is 0 Å². The zero-order valence-electron chi connectivity index (χ0n) is 16.0. The van der Waals surface area contributed by atoms with Gasteiger partial charge in [0.05, 0.1) is 22.4 Å². The van der Waals surface area contributed by atoms with Crippen LogP contribution in [-0.4, -0.2) is 40.2 Å². The highest BCUT2D eigenvalue weighted by Crippen LogP contribution is 2.41. The lowest BCUT2D eigenvalue weighted by Crippen LogP contribution is -2.30. The maximum Gasteiger partial charge on any atom is 0.423 e. The highest BCUT2D eigenvalue weighted by molar-refractivity contribution is 7.99. The molecule has 0 aliphatic rings. The van der Waals surface area contributed by atoms with Crippen LogP contribution in [0.25, 0.3) is 10.9 Å². The van der Waals surface area contributed by atoms with E-state index in [1.807, 2.05) is 6.92 Å². The van der Waals surface area contributed by atoms with Crippen LogP contribution in [0.15, 0.2) is 18.2 Å². The van der Waals surface area contributed by atoms with Crippen molar-refractivity contribution in [3.05, 3.63) is 39.6 Å². The van der Waals surface area contributed by atoms with Gasteiger partial charge >= 0.3 is 6.18 Å². The molecule has 0 saturated heterocycles. The topological polar surface area (TPSA) is 102 Å². The SMILES string of the molecule is CCCCSCC(C)(O)c1cc2cc([N+](=O)[O-])c(C(F)(F)F)cc2n1S(C)(=O)=O. The van der Waals surface area contributed by atoms with Crippen molar-refractivity contribution in [2.45, 2.75) is 38.5 Å². The molecule has 2 rings (SSSR count). The number of nitrogens with zero attached hydrogens (tertiary/aromatic N) is 2. The summed E-state index contributed by atoms with van der Waals surface area (Å²) in [4.78, 5) is 9.96. The van der Waals surface area contributed by atoms with Gasteiger partial charge in [0, 0.05) is 17.2 Å². The van der Waals surface area contributed by atoms with Crippen molar-refractivity contribution >= 4 is 38.4 Å². The van der Waals surface area contributed by atoms with Crippen LogP contribution in [0.1, 0.15) is 37.9 Å². The Morgan fingerprint density at radius 3 is 2.38 bits per heavy atom. The molecule has 1 atom stereocenters. The van der Waals surface area contributed by atoms with E-state index in [1.54, 1.807) is 0 Å². The Morgan fingerprint density at radius 2 is 1.90 bits per heavy atom. The molecule has 162 valence electrons. The van der Waals surface area contributed by atoms with Crippen LogP contribution in [0, 0.1) is 10.1 Å². The van der Waals surface area contributed by atoms with E-state index in [9.17, 15) is 36.8 Å². The molecule has 1 N–H and O–H groups in total. The van der Waals surface area contributed by atoms with Gasteiger partial charge in [0.2, 0.25) is 10.0 Å². The number of fused-ring (bicyclic) bond motifs is 1. The molecule has 1 aromatic heterocycles. The smallest absolute Gasteiger partial charge is 0.383 e. The fourth-order valence-electron chi connectivity index (χ4n) is 2.92. The second-order valence-electron chi connectivity index (χ2n) is 6.92. The molecule has 0 fully saturated rings. The van der Waals surface area contributed by atoms with Gasteiger partial charge in [0.25, 0.3) is 5.69 Å². The second kappa shape index (κ2) is 8.15. The Bertz CT molecular complexity index is 1030. The number of rotatable bonds is 8. The monoisotopic (exact) mass is 454 g/mol. The Labute approximate surface area is 170 Å². The molecule has 7 nitrogen and oxygen atoms in total. The number of aromatic nitrogens is 1. The molecule has 0 amide bonds. The lowest BCUT2D eigenvalue weighted by Gasteiger charge is -2.24. The number of nitro groups is 1. The summed E-state index contributed by atoms with van der Waals surface area (Å²) in [5.74, 6) is 0.822. The quantitative estimate of drug-likeness (QED) is 0.366. The minimum atomic E-state index is -5.05. The molecule has 1 heterocycles. The van der Waals surface area contributed by atoms with Crippen LogP contribution in [0.2, 0.25) is 0 Å². The largest absolute Gasteiger partial charge is 0.423 e. The number of aliphatic hydroxyl groups is 1. The third-order valence-corrected chi connectivity index (χ3v) is 6.69. The molecule has 0 aliphatic carbocycles. The van der Waals surface area contributed by atoms with Gasteiger partial charge in [-0.3, -0.25) is 10.1 Å². The third kappa shape index (κ3) is 5.04. The van der Waals surface area contributed by atoms with Crippen LogP contribution in [0.3, 0.4) is 0 Å². The molecular formula is C17H21F3N2O5S2. The van der Waals surface area contributed by atoms with E-state index < -0.39 is 38.0 Å². The molecule has 0 saturated carbocycles. The first-order chi connectivity index (χ1) is 13.2. The summed E-state index contributed by atoms with van der Waals surface area (Å²) in [6.07, 6.45) is -2.44. The number of nitro benzene ring substituents is 1. The summed E-state index contributed by atoms with van der Waals surface area (Å²) >= 11 is 1.38. The zero-order chi connectivity index (χ0) is 22.2. The number of halogens is 3. The second-order valence-corrected chi connectivity index (χ2v) is 9.86. The molecular weight excluding hydrogens is 433 g/mol. The number of unbranched alkanes of at least 4 members (excludes halogenated alkanes) is 1. The fraction of sp³-hybridized carbons (Fsp3) is 0.529. The number of alkyl halides is 3. The normalized spacial score (nSPS) is 14.9. The summed E-state index contributed by atoms with van der Waals surface area (Å²) in [5, 5.41) is 21.9. The molecule has 2 aromatic rings. The highest BCUT2D eigenvalue weighted by Gasteiger charge is 2.40. The number of hydrogen-bond donors (Lipinski definition) is 1. The number of benzene rings is 1. The third-order valence-electron chi connectivity index (χ3n) is 4.29. The molecule has 0 spiro atoms. The summed E-state index contributed by atoms with van der Waals surface area (Å²) in [5.41, 5.74) is -4.94. The van der Waals surface area contributed by atoms with E-state index in [2.05, 4.69) is 0 Å². The minimum Gasteiger partial charge on any atom is -0.383 e. The van der Waals surface area contributed by atoms with E-state index in [0.29, 0.717) is 16.1 Å². The van der Waals surface area contributed by atoms with Gasteiger partial charge in [0.15, 0.2) is 0 Å². The van der Waals surface area contributed by atoms with E-state index in [4.69, 9.17) is 0 Å². The Kier molecular flexibility index (Phi) is 6.60. The minimum absolute atomic E-state index is 0.0797. The molecule has 12 heteroatoms. The predicted octanol–water partition coefficient (Wildman–Crippen LogP) is 4.12. The average molecular weight is 454 g/mol. The summed E-state index contributed by atoms with van der Waals surface area (Å²) in [6, 6.07) is 2.31. The molecule has 1 unspecified atom stereocenters. The van der Waals surface area contributed by atoms with Crippen LogP contribution in [0.4, 0.5) is 18.9 Å². The first kappa shape index (κ1) is 23.5. The summed E-state index contributed by atoms with van der Waals surface area (Å²) in [6.45, 7) is 3.35. The Hall–Kier alpha value is -1.79. The first-order valence-corrected chi connectivity index (χ1v) is 11.6. The highest BCUT2D eigenvalue weighted by atomic mass is 32.2. The van der Waals surface area contributed by atoms with Crippen LogP contribution < -0.4 is 0 Å². The van der Waals surface area contributed by atoms with Crippen molar-refractivity contribution in [1.82, 2.24) is 3.97 Å². The maximum atomic E-state index is 13.3. The Morgan fingerprint density at radius 1 is 1.28 bits per heavy atom. The van der Waals surface area contributed by atoms with Crippen molar-refractivity contribution in [2.24, 2.45) is 0 Å². The fourth-order valence-corrected chi connectivity index (χ4v) is 5.23. The maximum absolute atomic E-state index is 13.3. The summed E-state index contributed by atoms with van der Waals surface area (Å²) in [7, 11) is -4.12. The first-order valence-electron chi connectivity index (χ1n) is 8.62. The van der Waals surface area contributed by atoms with E-state index in [-0.39, 0.29) is 22.3 Å². The predicted molar refractivity (Wildman–Crippen MR) is 106 cm³/mol. The van der Waals surface area contributed by atoms with Crippen LogP contribution >= 0.6 is 11.8 Å². The van der Waals surface area contributed by atoms with Crippen LogP contribution in [0.5, 0.6) is 0 Å². The van der Waals surface area contributed by atoms with Gasteiger partial charge in [0.1, 0.15) is 11.2 Å². The van der Waals surface area contributed by atoms with Gasteiger partial charge in [-0.15, -0.1) is 0 Å². The summed E-state index contributed by atoms with van der Waals surface area (Å²) < 4.78 is 65.3. The number of hydrogen-bond acceptors (Lipinski definition) is 6. The average Bonchev–Trinajstić information content (AvgIpc) is 2.96. The van der Waals surface area contributed by atoms with Gasteiger partial charge in [-0.1, -0.05) is 13.3 Å². The van der Waals surface area contributed by atoms with E-state index in [0.717, 1.165) is 24.9 Å². The number of thioether (sulfide) groups is 1. The van der Waals surface area contributed by atoms with Gasteiger partial charge in [-0.05, 0) is 31.2 Å². The van der Waals surface area contributed by atoms with Gasteiger partial charge in [-0.25, -0.2) is 12.4 Å². The van der Waals surface area contributed by atoms with Gasteiger partial charge in [-0.2, -0.15) is 24.9 Å². The lowest BCUT2D eigenvalue weighted by molar-refractivity contribution is -0.387. The molecule has 1 aromatic carbocycles. The lowest BCUT2D eigenvalue weighted by atomic mass is 10.1. The standard InChI is InChI=1S/C17H21F3N2O5S2/c1-4-5-6-28-10-16(2,23)15-8-11-7-14(22(24)25)12(17(18,19)20)9-13(11)21(15)29(3,26)27/h7-9,23H,4-6,10H2,1-3H3. The molecule has 29 heavy (non-hydrogen) atoms. The molecule has 0 bridgehead atoms. The van der Waals surface area contributed by atoms with Crippen molar-refractivity contribution in [1.29, 1.82) is 0 Å². The van der Waals surface area contributed by atoms with Crippen molar-refractivity contribution < 1.29 is 31.6 Å².